The third-order valence-electron chi connectivity index (χ3n) is 3.33. The molecule has 0 aliphatic rings. The van der Waals surface area contributed by atoms with Crippen molar-refractivity contribution < 1.29 is 9.47 Å². The molecule has 120 valence electrons. The molecule has 0 saturated heterocycles. The van der Waals surface area contributed by atoms with Gasteiger partial charge < -0.3 is 9.47 Å². The zero-order valence-electron chi connectivity index (χ0n) is 12.9. The highest BCUT2D eigenvalue weighted by Crippen LogP contribution is 2.34. The molecule has 3 aromatic rings. The maximum absolute atomic E-state index is 8.83. The van der Waals surface area contributed by atoms with Crippen LogP contribution in [-0.4, -0.2) is 0 Å². The van der Waals surface area contributed by atoms with Crippen LogP contribution in [0, 0.1) is 22.7 Å². The highest BCUT2D eigenvalue weighted by Gasteiger charge is 2.07. The maximum Gasteiger partial charge on any atom is 0.149 e. The van der Waals surface area contributed by atoms with Crippen molar-refractivity contribution in [2.45, 2.75) is 0 Å². The summed E-state index contributed by atoms with van der Waals surface area (Å²) >= 11 is 6.18. The molecule has 0 aliphatic heterocycles. The second-order valence-corrected chi connectivity index (χ2v) is 5.48. The summed E-state index contributed by atoms with van der Waals surface area (Å²) in [5, 5.41) is 18.1. The van der Waals surface area contributed by atoms with Gasteiger partial charge in [-0.05, 0) is 60.7 Å². The fraction of sp³-hybridized carbons (Fsp3) is 0. The minimum absolute atomic E-state index is 0.441. The van der Waals surface area contributed by atoms with Crippen LogP contribution in [0.1, 0.15) is 11.1 Å². The van der Waals surface area contributed by atoms with Crippen LogP contribution >= 0.6 is 11.6 Å². The molecule has 25 heavy (non-hydrogen) atoms. The van der Waals surface area contributed by atoms with Crippen molar-refractivity contribution in [1.29, 1.82) is 10.5 Å². The van der Waals surface area contributed by atoms with Crippen molar-refractivity contribution in [3.8, 4) is 35.1 Å². The van der Waals surface area contributed by atoms with E-state index in [0.717, 1.165) is 0 Å². The molecule has 0 fully saturated rings. The molecule has 0 bridgehead atoms. The number of ether oxygens (including phenoxy) is 2. The molecule has 0 atom stereocenters. The van der Waals surface area contributed by atoms with Gasteiger partial charge in [0.2, 0.25) is 0 Å². The standard InChI is InChI=1S/C20H11ClN2O2/c21-19-10-9-18(24-16-5-1-14(12-22)2-6-16)11-20(19)25-17-7-3-15(13-23)4-8-17/h1-11H. The number of benzene rings is 3. The molecule has 0 unspecified atom stereocenters. The van der Waals surface area contributed by atoms with Crippen LogP contribution in [0.25, 0.3) is 0 Å². The molecule has 3 aromatic carbocycles. The van der Waals surface area contributed by atoms with Gasteiger partial charge in [-0.1, -0.05) is 11.6 Å². The molecular formula is C20H11ClN2O2. The Hall–Kier alpha value is -3.47. The Morgan fingerprint density at radius 1 is 0.640 bits per heavy atom. The van der Waals surface area contributed by atoms with Crippen LogP contribution in [0.3, 0.4) is 0 Å². The molecule has 0 saturated carbocycles. The summed E-state index contributed by atoms with van der Waals surface area (Å²) in [6.45, 7) is 0. The van der Waals surface area contributed by atoms with E-state index in [1.807, 2.05) is 0 Å². The van der Waals surface area contributed by atoms with Crippen LogP contribution in [0.2, 0.25) is 5.02 Å². The molecule has 3 rings (SSSR count). The summed E-state index contributed by atoms with van der Waals surface area (Å²) in [6, 6.07) is 22.7. The van der Waals surface area contributed by atoms with Gasteiger partial charge in [0.25, 0.3) is 0 Å². The summed E-state index contributed by atoms with van der Waals surface area (Å²) in [5.74, 6) is 2.16. The first kappa shape index (κ1) is 16.4. The summed E-state index contributed by atoms with van der Waals surface area (Å²) in [4.78, 5) is 0. The highest BCUT2D eigenvalue weighted by molar-refractivity contribution is 6.32. The third kappa shape index (κ3) is 4.09. The maximum atomic E-state index is 8.83. The van der Waals surface area contributed by atoms with Crippen molar-refractivity contribution in [3.05, 3.63) is 82.9 Å². The minimum atomic E-state index is 0.441. The van der Waals surface area contributed by atoms with Crippen LogP contribution in [0.5, 0.6) is 23.0 Å². The fourth-order valence-electron chi connectivity index (χ4n) is 2.08. The molecule has 0 heterocycles. The molecule has 0 aromatic heterocycles. The molecular weight excluding hydrogens is 336 g/mol. The van der Waals surface area contributed by atoms with Gasteiger partial charge in [-0.25, -0.2) is 0 Å². The first-order valence-electron chi connectivity index (χ1n) is 7.33. The quantitative estimate of drug-likeness (QED) is 0.610. The van der Waals surface area contributed by atoms with Gasteiger partial charge in [0.1, 0.15) is 23.0 Å². The number of hydrogen-bond acceptors (Lipinski definition) is 4. The Morgan fingerprint density at radius 3 is 1.64 bits per heavy atom. The summed E-state index contributed by atoms with van der Waals surface area (Å²) < 4.78 is 11.5. The third-order valence-corrected chi connectivity index (χ3v) is 3.65. The smallest absolute Gasteiger partial charge is 0.149 e. The second kappa shape index (κ2) is 7.40. The first-order valence-corrected chi connectivity index (χ1v) is 7.71. The number of hydrogen-bond donors (Lipinski definition) is 0. The Kier molecular flexibility index (Phi) is 4.85. The van der Waals surface area contributed by atoms with E-state index < -0.39 is 0 Å². The van der Waals surface area contributed by atoms with Gasteiger partial charge in [-0.2, -0.15) is 10.5 Å². The van der Waals surface area contributed by atoms with Crippen molar-refractivity contribution in [1.82, 2.24) is 0 Å². The monoisotopic (exact) mass is 346 g/mol. The molecule has 4 nitrogen and oxygen atoms in total. The van der Waals surface area contributed by atoms with Gasteiger partial charge >= 0.3 is 0 Å². The lowest BCUT2D eigenvalue weighted by Gasteiger charge is -2.11. The highest BCUT2D eigenvalue weighted by atomic mass is 35.5. The lowest BCUT2D eigenvalue weighted by atomic mass is 10.2. The van der Waals surface area contributed by atoms with E-state index in [0.29, 0.717) is 39.1 Å². The van der Waals surface area contributed by atoms with E-state index in [1.165, 1.54) is 0 Å². The zero-order valence-corrected chi connectivity index (χ0v) is 13.7. The SMILES string of the molecule is N#Cc1ccc(Oc2ccc(Cl)c(Oc3ccc(C#N)cc3)c2)cc1. The van der Waals surface area contributed by atoms with E-state index in [4.69, 9.17) is 31.6 Å². The minimum Gasteiger partial charge on any atom is -0.457 e. The lowest BCUT2D eigenvalue weighted by Crippen LogP contribution is -1.89. The average Bonchev–Trinajstić information content (AvgIpc) is 2.66. The molecule has 0 spiro atoms. The van der Waals surface area contributed by atoms with Gasteiger partial charge in [0.15, 0.2) is 0 Å². The average molecular weight is 347 g/mol. The fourth-order valence-corrected chi connectivity index (χ4v) is 2.24. The number of nitriles is 2. The van der Waals surface area contributed by atoms with Crippen LogP contribution in [0.15, 0.2) is 66.7 Å². The summed E-state index contributed by atoms with van der Waals surface area (Å²) in [7, 11) is 0. The lowest BCUT2D eigenvalue weighted by molar-refractivity contribution is 0.460. The van der Waals surface area contributed by atoms with E-state index in [-0.39, 0.29) is 0 Å². The molecule has 0 aliphatic carbocycles. The first-order chi connectivity index (χ1) is 12.2. The molecule has 0 N–H and O–H groups in total. The van der Waals surface area contributed by atoms with Crippen LogP contribution < -0.4 is 9.47 Å². The summed E-state index contributed by atoms with van der Waals surface area (Å²) in [5.41, 5.74) is 1.12. The van der Waals surface area contributed by atoms with Crippen molar-refractivity contribution in [3.63, 3.8) is 0 Å². The van der Waals surface area contributed by atoms with Gasteiger partial charge in [-0.15, -0.1) is 0 Å². The topological polar surface area (TPSA) is 66.0 Å². The predicted molar refractivity (Wildman–Crippen MR) is 93.9 cm³/mol. The van der Waals surface area contributed by atoms with Gasteiger partial charge in [0, 0.05) is 6.07 Å². The number of nitrogens with zero attached hydrogens (tertiary/aromatic N) is 2. The molecule has 0 radical (unpaired) electrons. The van der Waals surface area contributed by atoms with Crippen LogP contribution in [-0.2, 0) is 0 Å². The Bertz CT molecular complexity index is 969. The van der Waals surface area contributed by atoms with E-state index >= 15 is 0 Å². The summed E-state index contributed by atoms with van der Waals surface area (Å²) in [6.07, 6.45) is 0. The number of rotatable bonds is 4. The van der Waals surface area contributed by atoms with Crippen molar-refractivity contribution >= 4 is 11.6 Å². The number of halogens is 1. The Morgan fingerprint density at radius 2 is 1.12 bits per heavy atom. The Balaban J connectivity index is 1.79. The normalized spacial score (nSPS) is 9.72. The van der Waals surface area contributed by atoms with Crippen LogP contribution in [0.4, 0.5) is 0 Å². The second-order valence-electron chi connectivity index (χ2n) is 5.07. The van der Waals surface area contributed by atoms with Gasteiger partial charge in [0.05, 0.1) is 28.3 Å². The van der Waals surface area contributed by atoms with E-state index in [9.17, 15) is 0 Å². The van der Waals surface area contributed by atoms with Crippen molar-refractivity contribution in [2.24, 2.45) is 0 Å². The van der Waals surface area contributed by atoms with E-state index in [1.54, 1.807) is 66.7 Å². The zero-order chi connectivity index (χ0) is 17.6. The largest absolute Gasteiger partial charge is 0.457 e. The van der Waals surface area contributed by atoms with E-state index in [2.05, 4.69) is 12.1 Å². The molecule has 0 amide bonds. The Labute approximate surface area is 150 Å². The molecule has 5 heteroatoms. The predicted octanol–water partition coefficient (Wildman–Crippen LogP) is 5.67. The van der Waals surface area contributed by atoms with Crippen molar-refractivity contribution in [2.75, 3.05) is 0 Å². The van der Waals surface area contributed by atoms with Gasteiger partial charge in [-0.3, -0.25) is 0 Å².